The van der Waals surface area contributed by atoms with Crippen LogP contribution in [0.2, 0.25) is 0 Å². The van der Waals surface area contributed by atoms with E-state index in [1.807, 2.05) is 44.2 Å². The Balaban J connectivity index is 2.84. The van der Waals surface area contributed by atoms with Gasteiger partial charge in [-0.25, -0.2) is 0 Å². The molecule has 0 aliphatic heterocycles. The van der Waals surface area contributed by atoms with Crippen molar-refractivity contribution in [2.75, 3.05) is 0 Å². The van der Waals surface area contributed by atoms with E-state index in [0.717, 1.165) is 18.4 Å². The molecule has 1 aromatic carbocycles. The van der Waals surface area contributed by atoms with Gasteiger partial charge in [-0.1, -0.05) is 44.2 Å². The zero-order chi connectivity index (χ0) is 13.5. The number of carboxylic acid groups (broad SMARTS) is 1. The highest BCUT2D eigenvalue weighted by molar-refractivity contribution is 7.87. The summed E-state index contributed by atoms with van der Waals surface area (Å²) >= 11 is 0. The topological polar surface area (TPSA) is 54.4 Å². The molecule has 1 aromatic rings. The molecule has 0 bridgehead atoms. The summed E-state index contributed by atoms with van der Waals surface area (Å²) in [6.07, 6.45) is 1.84. The van der Waals surface area contributed by atoms with Crippen molar-refractivity contribution in [3.63, 3.8) is 0 Å². The third-order valence-corrected chi connectivity index (χ3v) is 5.31. The molecule has 2 unspecified atom stereocenters. The molecule has 0 saturated heterocycles. The summed E-state index contributed by atoms with van der Waals surface area (Å²) in [5.41, 5.74) is 0.921. The van der Waals surface area contributed by atoms with Crippen molar-refractivity contribution in [3.8, 4) is 0 Å². The molecule has 0 amide bonds. The molecule has 4 heteroatoms. The molecule has 1 N–H and O–H groups in total. The Hall–Kier alpha value is -1.16. The van der Waals surface area contributed by atoms with Crippen molar-refractivity contribution in [3.05, 3.63) is 35.9 Å². The Bertz CT molecular complexity index is 399. The molecule has 0 fully saturated rings. The third kappa shape index (κ3) is 3.95. The van der Waals surface area contributed by atoms with Crippen molar-refractivity contribution >= 4 is 16.8 Å². The second kappa shape index (κ2) is 7.31. The summed E-state index contributed by atoms with van der Waals surface area (Å²) in [5.74, 6) is -0.968. The normalized spacial score (nSPS) is 14.4. The number of benzene rings is 1. The molecule has 0 aliphatic carbocycles. The van der Waals surface area contributed by atoms with Crippen LogP contribution >= 0.6 is 0 Å². The Morgan fingerprint density at radius 3 is 2.22 bits per heavy atom. The van der Waals surface area contributed by atoms with Gasteiger partial charge in [0.2, 0.25) is 0 Å². The molecule has 100 valence electrons. The Morgan fingerprint density at radius 2 is 1.78 bits per heavy atom. The maximum absolute atomic E-state index is 12.3. The Labute approximate surface area is 111 Å². The summed E-state index contributed by atoms with van der Waals surface area (Å²) in [6, 6.07) is 9.37. The van der Waals surface area contributed by atoms with Crippen molar-refractivity contribution in [1.82, 2.24) is 0 Å². The van der Waals surface area contributed by atoms with Crippen LogP contribution < -0.4 is 0 Å². The van der Waals surface area contributed by atoms with Crippen LogP contribution in [0.15, 0.2) is 30.3 Å². The van der Waals surface area contributed by atoms with Crippen molar-refractivity contribution < 1.29 is 14.1 Å². The van der Waals surface area contributed by atoms with E-state index in [-0.39, 0.29) is 5.25 Å². The molecule has 0 aliphatic rings. The molecule has 2 atom stereocenters. The number of hydrogen-bond donors (Lipinski definition) is 1. The van der Waals surface area contributed by atoms with Gasteiger partial charge in [0.05, 0.1) is 0 Å². The lowest BCUT2D eigenvalue weighted by Crippen LogP contribution is -2.34. The summed E-state index contributed by atoms with van der Waals surface area (Å²) in [4.78, 5) is 11.3. The van der Waals surface area contributed by atoms with Crippen LogP contribution in [-0.4, -0.2) is 25.8 Å². The highest BCUT2D eigenvalue weighted by Crippen LogP contribution is 2.16. The largest absolute Gasteiger partial charge is 0.480 e. The van der Waals surface area contributed by atoms with Gasteiger partial charge in [-0.3, -0.25) is 9.00 Å². The molecular formula is C14H20O3S. The smallest absolute Gasteiger partial charge is 0.319 e. The van der Waals surface area contributed by atoms with Gasteiger partial charge in [0.25, 0.3) is 0 Å². The zero-order valence-electron chi connectivity index (χ0n) is 10.8. The highest BCUT2D eigenvalue weighted by atomic mass is 32.2. The average molecular weight is 268 g/mol. The fraction of sp³-hybridized carbons (Fsp3) is 0.500. The van der Waals surface area contributed by atoms with Crippen LogP contribution in [0.1, 0.15) is 32.3 Å². The molecule has 0 aromatic heterocycles. The van der Waals surface area contributed by atoms with Gasteiger partial charge in [-0.2, -0.15) is 0 Å². The highest BCUT2D eigenvalue weighted by Gasteiger charge is 2.29. The second-order valence-corrected chi connectivity index (χ2v) is 6.18. The van der Waals surface area contributed by atoms with E-state index in [1.165, 1.54) is 0 Å². The first-order valence-electron chi connectivity index (χ1n) is 6.26. The molecular weight excluding hydrogens is 248 g/mol. The lowest BCUT2D eigenvalue weighted by Gasteiger charge is -2.18. The van der Waals surface area contributed by atoms with Gasteiger partial charge in [0.15, 0.2) is 0 Å². The summed E-state index contributed by atoms with van der Waals surface area (Å²) in [6.45, 7) is 3.90. The molecule has 1 rings (SSSR count). The van der Waals surface area contributed by atoms with Crippen LogP contribution in [0.4, 0.5) is 0 Å². The Kier molecular flexibility index (Phi) is 6.05. The molecule has 0 spiro atoms. The van der Waals surface area contributed by atoms with Crippen LogP contribution in [0.25, 0.3) is 0 Å². The predicted molar refractivity (Wildman–Crippen MR) is 74.1 cm³/mol. The van der Waals surface area contributed by atoms with Gasteiger partial charge in [-0.15, -0.1) is 0 Å². The molecule has 0 saturated carbocycles. The maximum Gasteiger partial charge on any atom is 0.319 e. The number of rotatable bonds is 7. The number of carboxylic acids is 1. The first kappa shape index (κ1) is 14.9. The van der Waals surface area contributed by atoms with Gasteiger partial charge in [-0.05, 0) is 24.8 Å². The minimum absolute atomic E-state index is 0.0326. The van der Waals surface area contributed by atoms with Crippen LogP contribution in [0, 0.1) is 0 Å². The lowest BCUT2D eigenvalue weighted by atomic mass is 10.1. The number of carbonyl (C=O) groups is 1. The first-order chi connectivity index (χ1) is 8.60. The van der Waals surface area contributed by atoms with Crippen LogP contribution in [0.3, 0.4) is 0 Å². The molecule has 3 nitrogen and oxygen atoms in total. The third-order valence-electron chi connectivity index (χ3n) is 3.06. The van der Waals surface area contributed by atoms with Crippen molar-refractivity contribution in [2.45, 2.75) is 43.6 Å². The van der Waals surface area contributed by atoms with E-state index < -0.39 is 22.0 Å². The summed E-state index contributed by atoms with van der Waals surface area (Å²) in [7, 11) is -1.33. The maximum atomic E-state index is 12.3. The van der Waals surface area contributed by atoms with Crippen LogP contribution in [-0.2, 0) is 22.0 Å². The monoisotopic (exact) mass is 268 g/mol. The minimum Gasteiger partial charge on any atom is -0.480 e. The average Bonchev–Trinajstić information content (AvgIpc) is 2.38. The SMILES string of the molecule is CCC(CC)S(=O)C(Cc1ccccc1)C(=O)O. The lowest BCUT2D eigenvalue weighted by molar-refractivity contribution is -0.136. The Morgan fingerprint density at radius 1 is 1.22 bits per heavy atom. The van der Waals surface area contributed by atoms with E-state index in [0.29, 0.717) is 6.42 Å². The van der Waals surface area contributed by atoms with Gasteiger partial charge in [0.1, 0.15) is 5.25 Å². The van der Waals surface area contributed by atoms with Gasteiger partial charge >= 0.3 is 5.97 Å². The number of aliphatic carboxylic acids is 1. The molecule has 0 heterocycles. The van der Waals surface area contributed by atoms with Gasteiger partial charge < -0.3 is 5.11 Å². The van der Waals surface area contributed by atoms with E-state index in [4.69, 9.17) is 0 Å². The standard InChI is InChI=1S/C14H20O3S/c1-3-12(4-2)18(17)13(14(15)16)10-11-8-6-5-7-9-11/h5-9,12-13H,3-4,10H2,1-2H3,(H,15,16). The zero-order valence-corrected chi connectivity index (χ0v) is 11.7. The fourth-order valence-electron chi connectivity index (χ4n) is 1.95. The second-order valence-electron chi connectivity index (χ2n) is 4.28. The quantitative estimate of drug-likeness (QED) is 0.827. The van der Waals surface area contributed by atoms with E-state index in [2.05, 4.69) is 0 Å². The molecule has 0 radical (unpaired) electrons. The van der Waals surface area contributed by atoms with E-state index in [9.17, 15) is 14.1 Å². The van der Waals surface area contributed by atoms with Crippen molar-refractivity contribution in [1.29, 1.82) is 0 Å². The summed E-state index contributed by atoms with van der Waals surface area (Å²) < 4.78 is 12.3. The summed E-state index contributed by atoms with van der Waals surface area (Å²) in [5, 5.41) is 8.41. The van der Waals surface area contributed by atoms with E-state index >= 15 is 0 Å². The van der Waals surface area contributed by atoms with E-state index in [1.54, 1.807) is 0 Å². The van der Waals surface area contributed by atoms with Gasteiger partial charge in [0, 0.05) is 16.0 Å². The first-order valence-corrected chi connectivity index (χ1v) is 7.53. The molecule has 18 heavy (non-hydrogen) atoms. The van der Waals surface area contributed by atoms with Crippen molar-refractivity contribution in [2.24, 2.45) is 0 Å². The minimum atomic E-state index is -1.33. The van der Waals surface area contributed by atoms with Crippen LogP contribution in [0.5, 0.6) is 0 Å². The fourth-order valence-corrected chi connectivity index (χ4v) is 3.62. The predicted octanol–water partition coefficient (Wildman–Crippen LogP) is 2.62. The number of hydrogen-bond acceptors (Lipinski definition) is 2.